The molecule has 0 aromatic rings. The van der Waals surface area contributed by atoms with E-state index in [0.29, 0.717) is 5.41 Å². The Morgan fingerprint density at radius 2 is 1.15 bits per heavy atom. The van der Waals surface area contributed by atoms with Crippen molar-refractivity contribution in [2.75, 3.05) is 13.1 Å². The molecule has 4 N–H and O–H groups in total. The van der Waals surface area contributed by atoms with Gasteiger partial charge in [0.05, 0.1) is 0 Å². The molecule has 2 nitrogen and oxygen atoms in total. The predicted molar refractivity (Wildman–Crippen MR) is 87.5 cm³/mol. The molecule has 0 spiro atoms. The molecule has 2 rings (SSSR count). The van der Waals surface area contributed by atoms with Crippen molar-refractivity contribution in [3.63, 3.8) is 0 Å². The molecule has 2 fully saturated rings. The van der Waals surface area contributed by atoms with Crippen LogP contribution in [0.15, 0.2) is 0 Å². The first kappa shape index (κ1) is 16.3. The lowest BCUT2D eigenvalue weighted by atomic mass is 9.55. The van der Waals surface area contributed by atoms with Crippen LogP contribution in [0, 0.1) is 17.3 Å². The summed E-state index contributed by atoms with van der Waals surface area (Å²) >= 11 is 0. The summed E-state index contributed by atoms with van der Waals surface area (Å²) in [7, 11) is 0. The predicted octanol–water partition coefficient (Wildman–Crippen LogP) is 4.22. The van der Waals surface area contributed by atoms with Crippen molar-refractivity contribution in [1.29, 1.82) is 0 Å². The molecule has 0 atom stereocenters. The Labute approximate surface area is 126 Å². The van der Waals surface area contributed by atoms with Crippen LogP contribution in [0.5, 0.6) is 0 Å². The molecule has 0 radical (unpaired) electrons. The minimum atomic E-state index is 0.537. The van der Waals surface area contributed by atoms with Crippen LogP contribution in [0.3, 0.4) is 0 Å². The van der Waals surface area contributed by atoms with Crippen molar-refractivity contribution in [2.45, 2.75) is 83.5 Å². The van der Waals surface area contributed by atoms with E-state index in [9.17, 15) is 0 Å². The van der Waals surface area contributed by atoms with Crippen LogP contribution in [0.25, 0.3) is 0 Å². The molecule has 118 valence electrons. The summed E-state index contributed by atoms with van der Waals surface area (Å²) in [6.07, 6.45) is 18.3. The monoisotopic (exact) mass is 280 g/mol. The van der Waals surface area contributed by atoms with Gasteiger partial charge in [0, 0.05) is 0 Å². The molecule has 20 heavy (non-hydrogen) atoms. The van der Waals surface area contributed by atoms with Crippen molar-refractivity contribution in [3.8, 4) is 0 Å². The SMILES string of the molecule is NCCCC(CCN)(C1CCCCC1)C1CCCCC1. The molecule has 2 aliphatic rings. The highest BCUT2D eigenvalue weighted by atomic mass is 14.6. The van der Waals surface area contributed by atoms with Crippen molar-refractivity contribution in [3.05, 3.63) is 0 Å². The largest absolute Gasteiger partial charge is 0.330 e. The Hall–Kier alpha value is -0.0800. The van der Waals surface area contributed by atoms with Gasteiger partial charge in [-0.15, -0.1) is 0 Å². The van der Waals surface area contributed by atoms with E-state index in [1.54, 1.807) is 0 Å². The first-order valence-electron chi connectivity index (χ1n) is 9.23. The van der Waals surface area contributed by atoms with Gasteiger partial charge in [-0.2, -0.15) is 0 Å². The minimum absolute atomic E-state index is 0.537. The molecule has 2 aliphatic carbocycles. The smallest absolute Gasteiger partial charge is 0.00718 e. The molecule has 2 heteroatoms. The highest BCUT2D eigenvalue weighted by Crippen LogP contribution is 2.53. The highest BCUT2D eigenvalue weighted by molar-refractivity contribution is 4.94. The second-order valence-corrected chi connectivity index (χ2v) is 7.33. The molecule has 0 saturated heterocycles. The molecule has 0 aromatic heterocycles. The third-order valence-electron chi connectivity index (χ3n) is 6.29. The third-order valence-corrected chi connectivity index (χ3v) is 6.29. The van der Waals surface area contributed by atoms with E-state index < -0.39 is 0 Å². The van der Waals surface area contributed by atoms with E-state index >= 15 is 0 Å². The normalized spacial score (nSPS) is 23.1. The lowest BCUT2D eigenvalue weighted by molar-refractivity contribution is 0.00586. The van der Waals surface area contributed by atoms with Gasteiger partial charge in [0.1, 0.15) is 0 Å². The summed E-state index contributed by atoms with van der Waals surface area (Å²) < 4.78 is 0. The van der Waals surface area contributed by atoms with Crippen LogP contribution in [0.4, 0.5) is 0 Å². The molecule has 0 heterocycles. The highest BCUT2D eigenvalue weighted by Gasteiger charge is 2.44. The summed E-state index contributed by atoms with van der Waals surface area (Å²) in [5.41, 5.74) is 12.5. The molecule has 0 aromatic carbocycles. The first-order chi connectivity index (χ1) is 9.83. The van der Waals surface area contributed by atoms with Crippen LogP contribution in [-0.4, -0.2) is 13.1 Å². The van der Waals surface area contributed by atoms with Crippen molar-refractivity contribution < 1.29 is 0 Å². The van der Waals surface area contributed by atoms with Crippen molar-refractivity contribution in [1.82, 2.24) is 0 Å². The Bertz CT molecular complexity index is 234. The second kappa shape index (κ2) is 8.38. The van der Waals surface area contributed by atoms with Crippen molar-refractivity contribution in [2.24, 2.45) is 28.7 Å². The zero-order chi connectivity index (χ0) is 14.3. The maximum Gasteiger partial charge on any atom is -0.00718 e. The Morgan fingerprint density at radius 3 is 1.55 bits per heavy atom. The van der Waals surface area contributed by atoms with Gasteiger partial charge in [-0.05, 0) is 75.3 Å². The van der Waals surface area contributed by atoms with Crippen LogP contribution in [0.1, 0.15) is 83.5 Å². The van der Waals surface area contributed by atoms with Gasteiger partial charge in [-0.25, -0.2) is 0 Å². The van der Waals surface area contributed by atoms with Crippen molar-refractivity contribution >= 4 is 0 Å². The summed E-state index contributed by atoms with van der Waals surface area (Å²) in [6, 6.07) is 0. The minimum Gasteiger partial charge on any atom is -0.330 e. The van der Waals surface area contributed by atoms with Gasteiger partial charge in [-0.3, -0.25) is 0 Å². The summed E-state index contributed by atoms with van der Waals surface area (Å²) in [4.78, 5) is 0. The quantitative estimate of drug-likeness (QED) is 0.733. The average molecular weight is 280 g/mol. The summed E-state index contributed by atoms with van der Waals surface area (Å²) in [6.45, 7) is 1.73. The third kappa shape index (κ3) is 3.76. The van der Waals surface area contributed by atoms with E-state index in [1.165, 1.54) is 83.5 Å². The number of hydrogen-bond acceptors (Lipinski definition) is 2. The first-order valence-corrected chi connectivity index (χ1v) is 9.23. The maximum atomic E-state index is 6.07. The maximum absolute atomic E-state index is 6.07. The van der Waals surface area contributed by atoms with Gasteiger partial charge in [-0.1, -0.05) is 38.5 Å². The van der Waals surface area contributed by atoms with E-state index in [0.717, 1.165) is 24.9 Å². The Morgan fingerprint density at radius 1 is 0.650 bits per heavy atom. The van der Waals surface area contributed by atoms with Gasteiger partial charge in [0.25, 0.3) is 0 Å². The van der Waals surface area contributed by atoms with Crippen LogP contribution >= 0.6 is 0 Å². The molecule has 2 saturated carbocycles. The zero-order valence-corrected chi connectivity index (χ0v) is 13.4. The zero-order valence-electron chi connectivity index (χ0n) is 13.4. The van der Waals surface area contributed by atoms with Gasteiger partial charge in [0.15, 0.2) is 0 Å². The standard InChI is InChI=1S/C18H36N2/c19-14-7-12-18(13-15-20,16-8-3-1-4-9-16)17-10-5-2-6-11-17/h16-17H,1-15,19-20H2. The molecule has 0 amide bonds. The van der Waals surface area contributed by atoms with Crippen LogP contribution < -0.4 is 11.5 Å². The molecule has 0 aliphatic heterocycles. The lowest BCUT2D eigenvalue weighted by Crippen LogP contribution is -2.42. The summed E-state index contributed by atoms with van der Waals surface area (Å²) in [5.74, 6) is 1.88. The molecule has 0 bridgehead atoms. The topological polar surface area (TPSA) is 52.0 Å². The second-order valence-electron chi connectivity index (χ2n) is 7.33. The van der Waals surface area contributed by atoms with E-state index in [2.05, 4.69) is 0 Å². The van der Waals surface area contributed by atoms with E-state index in [4.69, 9.17) is 11.5 Å². The Kier molecular flexibility index (Phi) is 6.83. The summed E-state index contributed by atoms with van der Waals surface area (Å²) in [5, 5.41) is 0. The average Bonchev–Trinajstić information content (AvgIpc) is 2.53. The van der Waals surface area contributed by atoms with Gasteiger partial charge >= 0.3 is 0 Å². The van der Waals surface area contributed by atoms with Gasteiger partial charge < -0.3 is 11.5 Å². The van der Waals surface area contributed by atoms with Crippen LogP contribution in [-0.2, 0) is 0 Å². The fourth-order valence-corrected chi connectivity index (χ4v) is 5.33. The molecular weight excluding hydrogens is 244 g/mol. The fourth-order valence-electron chi connectivity index (χ4n) is 5.33. The number of rotatable bonds is 7. The van der Waals surface area contributed by atoms with Crippen LogP contribution in [0.2, 0.25) is 0 Å². The number of hydrogen-bond donors (Lipinski definition) is 2. The van der Waals surface area contributed by atoms with E-state index in [1.807, 2.05) is 0 Å². The molecule has 0 unspecified atom stereocenters. The van der Waals surface area contributed by atoms with E-state index in [-0.39, 0.29) is 0 Å². The fraction of sp³-hybridized carbons (Fsp3) is 1.00. The Balaban J connectivity index is 2.16. The molecular formula is C18H36N2. The lowest BCUT2D eigenvalue weighted by Gasteiger charge is -2.50. The number of nitrogens with two attached hydrogens (primary N) is 2. The van der Waals surface area contributed by atoms with Gasteiger partial charge in [0.2, 0.25) is 0 Å².